The molecule has 0 saturated carbocycles. The topological polar surface area (TPSA) is 57.7 Å². The lowest BCUT2D eigenvalue weighted by atomic mass is 10.1. The highest BCUT2D eigenvalue weighted by Gasteiger charge is 2.30. The lowest BCUT2D eigenvalue weighted by molar-refractivity contribution is -0.125. The van der Waals surface area contributed by atoms with Crippen molar-refractivity contribution < 1.29 is 14.4 Å². The quantitative estimate of drug-likeness (QED) is 0.772. The number of hydrogen-bond acceptors (Lipinski definition) is 3. The summed E-state index contributed by atoms with van der Waals surface area (Å²) in [7, 11) is 0. The first-order chi connectivity index (χ1) is 9.09. The van der Waals surface area contributed by atoms with E-state index < -0.39 is 0 Å². The number of benzene rings is 1. The molecule has 1 heterocycles. The number of carbonyl (C=O) groups is 3. The van der Waals surface area contributed by atoms with Crippen molar-refractivity contribution in [2.24, 2.45) is 0 Å². The van der Waals surface area contributed by atoms with Gasteiger partial charge in [0.15, 0.2) is 5.78 Å². The van der Waals surface area contributed by atoms with Gasteiger partial charge in [0.2, 0.25) is 5.91 Å². The number of urea groups is 1. The number of rotatable bonds is 4. The van der Waals surface area contributed by atoms with Crippen LogP contribution in [0.5, 0.6) is 0 Å². The van der Waals surface area contributed by atoms with E-state index in [2.05, 4.69) is 0 Å². The van der Waals surface area contributed by atoms with Gasteiger partial charge in [0.05, 0.1) is 0 Å². The third-order valence-electron chi connectivity index (χ3n) is 3.18. The van der Waals surface area contributed by atoms with Crippen molar-refractivity contribution in [3.63, 3.8) is 0 Å². The zero-order valence-corrected chi connectivity index (χ0v) is 10.8. The molecule has 1 saturated heterocycles. The van der Waals surface area contributed by atoms with Crippen molar-refractivity contribution in [2.45, 2.75) is 13.3 Å². The van der Waals surface area contributed by atoms with Gasteiger partial charge in [-0.1, -0.05) is 30.3 Å². The van der Waals surface area contributed by atoms with Gasteiger partial charge in [0.25, 0.3) is 0 Å². The highest BCUT2D eigenvalue weighted by molar-refractivity contribution is 5.97. The molecule has 0 atom stereocenters. The van der Waals surface area contributed by atoms with E-state index in [1.54, 1.807) is 17.0 Å². The molecular weight excluding hydrogens is 244 g/mol. The van der Waals surface area contributed by atoms with Gasteiger partial charge in [-0.25, -0.2) is 4.79 Å². The minimum atomic E-state index is -0.298. The lowest BCUT2D eigenvalue weighted by Gasteiger charge is -2.15. The summed E-state index contributed by atoms with van der Waals surface area (Å²) in [6.45, 7) is 2.64. The SMILES string of the molecule is CC(=O)N1CCN(CCC(=O)c2ccccc2)C1=O. The van der Waals surface area contributed by atoms with Crippen LogP contribution in [-0.4, -0.2) is 47.2 Å². The maximum absolute atomic E-state index is 11.9. The minimum Gasteiger partial charge on any atom is -0.322 e. The maximum atomic E-state index is 11.9. The predicted molar refractivity (Wildman–Crippen MR) is 69.7 cm³/mol. The Labute approximate surface area is 111 Å². The predicted octanol–water partition coefficient (Wildman–Crippen LogP) is 1.54. The Morgan fingerprint density at radius 2 is 1.84 bits per heavy atom. The summed E-state index contributed by atoms with van der Waals surface area (Å²) in [4.78, 5) is 37.6. The van der Waals surface area contributed by atoms with Crippen molar-refractivity contribution in [2.75, 3.05) is 19.6 Å². The molecule has 100 valence electrons. The van der Waals surface area contributed by atoms with E-state index in [4.69, 9.17) is 0 Å². The first kappa shape index (κ1) is 13.3. The fourth-order valence-electron chi connectivity index (χ4n) is 2.09. The molecule has 0 N–H and O–H groups in total. The van der Waals surface area contributed by atoms with Gasteiger partial charge in [0, 0.05) is 38.5 Å². The summed E-state index contributed by atoms with van der Waals surface area (Å²) in [5.41, 5.74) is 0.651. The molecule has 0 spiro atoms. The number of imide groups is 1. The van der Waals surface area contributed by atoms with E-state index in [1.165, 1.54) is 11.8 Å². The second kappa shape index (κ2) is 5.65. The number of Topliss-reactive ketones (excluding diaryl/α,β-unsaturated/α-hetero) is 1. The highest BCUT2D eigenvalue weighted by Crippen LogP contribution is 2.11. The van der Waals surface area contributed by atoms with Gasteiger partial charge in [-0.2, -0.15) is 0 Å². The zero-order chi connectivity index (χ0) is 13.8. The van der Waals surface area contributed by atoms with Crippen LogP contribution >= 0.6 is 0 Å². The molecule has 0 aliphatic carbocycles. The van der Waals surface area contributed by atoms with Crippen molar-refractivity contribution in [1.29, 1.82) is 0 Å². The van der Waals surface area contributed by atoms with E-state index in [0.717, 1.165) is 0 Å². The summed E-state index contributed by atoms with van der Waals surface area (Å²) >= 11 is 0. The van der Waals surface area contributed by atoms with Crippen LogP contribution < -0.4 is 0 Å². The number of carbonyl (C=O) groups excluding carboxylic acids is 3. The van der Waals surface area contributed by atoms with Crippen molar-refractivity contribution >= 4 is 17.7 Å². The Morgan fingerprint density at radius 1 is 1.16 bits per heavy atom. The molecular formula is C14H16N2O3. The molecule has 0 aromatic heterocycles. The fraction of sp³-hybridized carbons (Fsp3) is 0.357. The normalized spacial score (nSPS) is 14.9. The minimum absolute atomic E-state index is 0.00896. The number of ketones is 1. The average Bonchev–Trinajstić information content (AvgIpc) is 2.78. The number of hydrogen-bond donors (Lipinski definition) is 0. The molecule has 1 fully saturated rings. The average molecular weight is 260 g/mol. The van der Waals surface area contributed by atoms with Crippen LogP contribution in [0, 0.1) is 0 Å². The molecule has 5 nitrogen and oxygen atoms in total. The van der Waals surface area contributed by atoms with E-state index >= 15 is 0 Å². The summed E-state index contributed by atoms with van der Waals surface area (Å²) < 4.78 is 0. The van der Waals surface area contributed by atoms with Gasteiger partial charge >= 0.3 is 6.03 Å². The van der Waals surface area contributed by atoms with Gasteiger partial charge in [0.1, 0.15) is 0 Å². The molecule has 3 amide bonds. The third kappa shape index (κ3) is 2.99. The van der Waals surface area contributed by atoms with Gasteiger partial charge < -0.3 is 4.90 Å². The summed E-state index contributed by atoms with van der Waals surface area (Å²) in [6.07, 6.45) is 0.279. The van der Waals surface area contributed by atoms with E-state index in [9.17, 15) is 14.4 Å². The zero-order valence-electron chi connectivity index (χ0n) is 10.8. The highest BCUT2D eigenvalue weighted by atomic mass is 16.2. The van der Waals surface area contributed by atoms with E-state index in [1.807, 2.05) is 18.2 Å². The van der Waals surface area contributed by atoms with Crippen molar-refractivity contribution in [1.82, 2.24) is 9.80 Å². The lowest BCUT2D eigenvalue weighted by Crippen LogP contribution is -2.35. The van der Waals surface area contributed by atoms with Crippen LogP contribution in [0.4, 0.5) is 4.79 Å². The molecule has 0 unspecified atom stereocenters. The Balaban J connectivity index is 1.89. The second-order valence-corrected chi connectivity index (χ2v) is 4.48. The van der Waals surface area contributed by atoms with Crippen LogP contribution in [0.25, 0.3) is 0 Å². The molecule has 1 aliphatic rings. The molecule has 5 heteroatoms. The van der Waals surface area contributed by atoms with E-state index in [-0.39, 0.29) is 24.1 Å². The molecule has 19 heavy (non-hydrogen) atoms. The third-order valence-corrected chi connectivity index (χ3v) is 3.18. The van der Waals surface area contributed by atoms with Crippen molar-refractivity contribution in [3.8, 4) is 0 Å². The van der Waals surface area contributed by atoms with Crippen LogP contribution in [0.2, 0.25) is 0 Å². The Kier molecular flexibility index (Phi) is 3.94. The number of nitrogens with zero attached hydrogens (tertiary/aromatic N) is 2. The molecule has 1 aromatic carbocycles. The van der Waals surface area contributed by atoms with Crippen molar-refractivity contribution in [3.05, 3.63) is 35.9 Å². The Hall–Kier alpha value is -2.17. The first-order valence-corrected chi connectivity index (χ1v) is 6.25. The van der Waals surface area contributed by atoms with Crippen LogP contribution in [-0.2, 0) is 4.79 Å². The van der Waals surface area contributed by atoms with Crippen LogP contribution in [0.3, 0.4) is 0 Å². The fourth-order valence-corrected chi connectivity index (χ4v) is 2.09. The largest absolute Gasteiger partial charge is 0.326 e. The summed E-state index contributed by atoms with van der Waals surface area (Å²) in [5, 5.41) is 0. The molecule has 0 radical (unpaired) electrons. The van der Waals surface area contributed by atoms with Gasteiger partial charge in [-0.15, -0.1) is 0 Å². The Bertz CT molecular complexity index is 499. The van der Waals surface area contributed by atoms with Gasteiger partial charge in [-0.05, 0) is 0 Å². The standard InChI is InChI=1S/C14H16N2O3/c1-11(17)16-10-9-15(14(16)19)8-7-13(18)12-5-3-2-4-6-12/h2-6H,7-10H2,1H3. The number of amides is 3. The van der Waals surface area contributed by atoms with E-state index in [0.29, 0.717) is 25.2 Å². The molecule has 2 rings (SSSR count). The smallest absolute Gasteiger partial charge is 0.322 e. The maximum Gasteiger partial charge on any atom is 0.326 e. The van der Waals surface area contributed by atoms with Crippen LogP contribution in [0.1, 0.15) is 23.7 Å². The van der Waals surface area contributed by atoms with Crippen LogP contribution in [0.15, 0.2) is 30.3 Å². The van der Waals surface area contributed by atoms with Gasteiger partial charge in [-0.3, -0.25) is 14.5 Å². The summed E-state index contributed by atoms with van der Waals surface area (Å²) in [5.74, 6) is -0.239. The first-order valence-electron chi connectivity index (χ1n) is 6.25. The molecule has 0 bridgehead atoms. The Morgan fingerprint density at radius 3 is 2.42 bits per heavy atom. The molecule has 1 aromatic rings. The molecule has 1 aliphatic heterocycles. The summed E-state index contributed by atoms with van der Waals surface area (Å²) in [6, 6.07) is 8.70. The second-order valence-electron chi connectivity index (χ2n) is 4.48. The monoisotopic (exact) mass is 260 g/mol.